The van der Waals surface area contributed by atoms with Crippen LogP contribution in [0.25, 0.3) is 0 Å². The molecule has 1 atom stereocenters. The highest BCUT2D eigenvalue weighted by molar-refractivity contribution is 5.81. The number of rotatable bonds is 5. The molecule has 1 aromatic heterocycles. The Morgan fingerprint density at radius 3 is 2.52 bits per heavy atom. The molecule has 1 amide bonds. The van der Waals surface area contributed by atoms with E-state index in [1.807, 2.05) is 41.0 Å². The van der Waals surface area contributed by atoms with Gasteiger partial charge in [-0.3, -0.25) is 4.90 Å². The summed E-state index contributed by atoms with van der Waals surface area (Å²) in [5.74, 6) is -0.556. The lowest BCUT2D eigenvalue weighted by Gasteiger charge is -2.32. The highest BCUT2D eigenvalue weighted by Crippen LogP contribution is 2.26. The number of hydrogen-bond donors (Lipinski definition) is 1. The van der Waals surface area contributed by atoms with Crippen molar-refractivity contribution in [3.05, 3.63) is 89.0 Å². The highest BCUT2D eigenvalue weighted by atomic mass is 16.5. The third-order valence-electron chi connectivity index (χ3n) is 6.00. The van der Waals surface area contributed by atoms with Gasteiger partial charge in [0.05, 0.1) is 24.3 Å². The molecule has 7 heteroatoms. The molecule has 2 heterocycles. The maximum absolute atomic E-state index is 12.8. The zero-order valence-corrected chi connectivity index (χ0v) is 19.2. The molecule has 7 nitrogen and oxygen atoms in total. The Morgan fingerprint density at radius 2 is 1.82 bits per heavy atom. The van der Waals surface area contributed by atoms with Gasteiger partial charge in [-0.1, -0.05) is 75.4 Å². The van der Waals surface area contributed by atoms with Crippen molar-refractivity contribution in [3.8, 4) is 0 Å². The van der Waals surface area contributed by atoms with Gasteiger partial charge in [0.1, 0.15) is 12.6 Å². The van der Waals surface area contributed by atoms with Crippen molar-refractivity contribution < 1.29 is 19.4 Å². The largest absolute Gasteiger partial charge is 0.465 e. The van der Waals surface area contributed by atoms with Crippen LogP contribution in [0.2, 0.25) is 0 Å². The van der Waals surface area contributed by atoms with Gasteiger partial charge in [-0.2, -0.15) is 0 Å². The molecule has 172 valence electrons. The third kappa shape index (κ3) is 5.08. The average Bonchev–Trinajstić information content (AvgIpc) is 3.18. The zero-order valence-electron chi connectivity index (χ0n) is 19.2. The van der Waals surface area contributed by atoms with Gasteiger partial charge >= 0.3 is 12.1 Å². The van der Waals surface area contributed by atoms with Crippen molar-refractivity contribution in [1.82, 2.24) is 14.5 Å². The lowest BCUT2D eigenvalue weighted by Crippen LogP contribution is -2.49. The number of ether oxygens (including phenoxy) is 1. The van der Waals surface area contributed by atoms with E-state index in [-0.39, 0.29) is 25.0 Å². The van der Waals surface area contributed by atoms with Gasteiger partial charge in [0, 0.05) is 13.0 Å². The Kier molecular flexibility index (Phi) is 6.22. The predicted octanol–water partition coefficient (Wildman–Crippen LogP) is 4.38. The fraction of sp³-hybridized carbons (Fsp3) is 0.346. The third-order valence-corrected chi connectivity index (χ3v) is 6.00. The SMILES string of the molecule is CC(C)(C)c1cccc(Cn2cnc3c2CN(C(=O)O)C(C(=O)OCc2ccccc2)C3)c1. The topological polar surface area (TPSA) is 84.7 Å². The van der Waals surface area contributed by atoms with Crippen LogP contribution in [-0.2, 0) is 41.1 Å². The highest BCUT2D eigenvalue weighted by Gasteiger charge is 2.38. The van der Waals surface area contributed by atoms with E-state index in [1.165, 1.54) is 5.56 Å². The number of amides is 1. The van der Waals surface area contributed by atoms with Crippen LogP contribution in [0.4, 0.5) is 4.79 Å². The number of benzene rings is 2. The minimum Gasteiger partial charge on any atom is -0.465 e. The average molecular weight is 448 g/mol. The van der Waals surface area contributed by atoms with Crippen LogP contribution in [0.1, 0.15) is 48.8 Å². The van der Waals surface area contributed by atoms with Gasteiger partial charge in [0.25, 0.3) is 0 Å². The van der Waals surface area contributed by atoms with Crippen LogP contribution in [0.3, 0.4) is 0 Å². The van der Waals surface area contributed by atoms with Crippen molar-refractivity contribution >= 4 is 12.1 Å². The molecule has 4 rings (SSSR count). The van der Waals surface area contributed by atoms with Crippen LogP contribution in [-0.4, -0.2) is 37.7 Å². The summed E-state index contributed by atoms with van der Waals surface area (Å²) in [5.41, 5.74) is 4.80. The van der Waals surface area contributed by atoms with E-state index in [0.717, 1.165) is 27.4 Å². The molecular formula is C26H29N3O4. The molecule has 2 aromatic carbocycles. The standard InChI is InChI=1S/C26H29N3O4/c1-26(2,3)20-11-7-10-19(12-20)14-28-17-27-21-13-22(29(25(31)32)15-23(21)28)24(30)33-16-18-8-5-4-6-9-18/h4-12,17,22H,13-16H2,1-3H3,(H,31,32). The Labute approximate surface area is 193 Å². The van der Waals surface area contributed by atoms with Crippen molar-refractivity contribution in [3.63, 3.8) is 0 Å². The number of hydrogen-bond acceptors (Lipinski definition) is 4. The molecule has 33 heavy (non-hydrogen) atoms. The van der Waals surface area contributed by atoms with Crippen LogP contribution in [0.15, 0.2) is 60.9 Å². The number of carbonyl (C=O) groups excluding carboxylic acids is 1. The van der Waals surface area contributed by atoms with Crippen LogP contribution >= 0.6 is 0 Å². The molecule has 0 aliphatic carbocycles. The number of imidazole rings is 1. The fourth-order valence-corrected chi connectivity index (χ4v) is 4.07. The number of fused-ring (bicyclic) bond motifs is 1. The van der Waals surface area contributed by atoms with E-state index in [4.69, 9.17) is 4.74 Å². The number of carboxylic acid groups (broad SMARTS) is 1. The van der Waals surface area contributed by atoms with E-state index in [2.05, 4.69) is 44.0 Å². The summed E-state index contributed by atoms with van der Waals surface area (Å²) in [6, 6.07) is 16.8. The first-order valence-electron chi connectivity index (χ1n) is 11.0. The van der Waals surface area contributed by atoms with Gasteiger partial charge in [0.2, 0.25) is 0 Å². The molecule has 1 unspecified atom stereocenters. The van der Waals surface area contributed by atoms with Crippen LogP contribution in [0.5, 0.6) is 0 Å². The summed E-state index contributed by atoms with van der Waals surface area (Å²) in [7, 11) is 0. The number of esters is 1. The van der Waals surface area contributed by atoms with E-state index in [1.54, 1.807) is 6.33 Å². The quantitative estimate of drug-likeness (QED) is 0.587. The van der Waals surface area contributed by atoms with Crippen molar-refractivity contribution in [2.45, 2.75) is 58.3 Å². The molecule has 0 saturated heterocycles. The summed E-state index contributed by atoms with van der Waals surface area (Å²) in [6.07, 6.45) is 0.779. The monoisotopic (exact) mass is 447 g/mol. The molecule has 1 aliphatic heterocycles. The minimum atomic E-state index is -1.15. The van der Waals surface area contributed by atoms with E-state index >= 15 is 0 Å². The zero-order chi connectivity index (χ0) is 23.6. The maximum atomic E-state index is 12.8. The first-order valence-corrected chi connectivity index (χ1v) is 11.0. The molecule has 1 N–H and O–H groups in total. The Morgan fingerprint density at radius 1 is 1.09 bits per heavy atom. The van der Waals surface area contributed by atoms with Crippen molar-refractivity contribution in [2.24, 2.45) is 0 Å². The lowest BCUT2D eigenvalue weighted by molar-refractivity contribution is -0.151. The summed E-state index contributed by atoms with van der Waals surface area (Å²) in [4.78, 5) is 30.4. The molecule has 0 fully saturated rings. The minimum absolute atomic E-state index is 0.0395. The van der Waals surface area contributed by atoms with E-state index in [0.29, 0.717) is 6.54 Å². The molecule has 0 saturated carbocycles. The second-order valence-corrected chi connectivity index (χ2v) is 9.44. The van der Waals surface area contributed by atoms with Gasteiger partial charge in [-0.25, -0.2) is 14.6 Å². The fourth-order valence-electron chi connectivity index (χ4n) is 4.07. The predicted molar refractivity (Wildman–Crippen MR) is 124 cm³/mol. The molecule has 0 bridgehead atoms. The Hall–Kier alpha value is -3.61. The van der Waals surface area contributed by atoms with Gasteiger partial charge in [-0.05, 0) is 22.1 Å². The van der Waals surface area contributed by atoms with E-state index < -0.39 is 18.1 Å². The number of carbonyl (C=O) groups is 2. The smallest absolute Gasteiger partial charge is 0.408 e. The lowest BCUT2D eigenvalue weighted by atomic mass is 9.86. The number of nitrogens with zero attached hydrogens (tertiary/aromatic N) is 3. The first-order chi connectivity index (χ1) is 15.7. The van der Waals surface area contributed by atoms with Crippen LogP contribution in [0, 0.1) is 0 Å². The van der Waals surface area contributed by atoms with Gasteiger partial charge < -0.3 is 14.4 Å². The maximum Gasteiger partial charge on any atom is 0.408 e. The molecule has 0 radical (unpaired) electrons. The second-order valence-electron chi connectivity index (χ2n) is 9.44. The molecule has 0 spiro atoms. The van der Waals surface area contributed by atoms with E-state index in [9.17, 15) is 14.7 Å². The summed E-state index contributed by atoms with van der Waals surface area (Å²) in [6.45, 7) is 7.31. The molecular weight excluding hydrogens is 418 g/mol. The van der Waals surface area contributed by atoms with Crippen LogP contribution < -0.4 is 0 Å². The normalized spacial score (nSPS) is 15.7. The van der Waals surface area contributed by atoms with Gasteiger partial charge in [0.15, 0.2) is 0 Å². The number of aromatic nitrogens is 2. The van der Waals surface area contributed by atoms with Crippen molar-refractivity contribution in [1.29, 1.82) is 0 Å². The first kappa shape index (κ1) is 22.6. The summed E-state index contributed by atoms with van der Waals surface area (Å²) in [5, 5.41) is 9.80. The summed E-state index contributed by atoms with van der Waals surface area (Å²) >= 11 is 0. The van der Waals surface area contributed by atoms with Gasteiger partial charge in [-0.15, -0.1) is 0 Å². The molecule has 3 aromatic rings. The molecule has 1 aliphatic rings. The second kappa shape index (κ2) is 9.10. The Bertz CT molecular complexity index is 1150. The summed E-state index contributed by atoms with van der Waals surface area (Å²) < 4.78 is 7.40. The Balaban J connectivity index is 1.52. The van der Waals surface area contributed by atoms with Crippen molar-refractivity contribution in [2.75, 3.05) is 0 Å².